The van der Waals surface area contributed by atoms with Crippen molar-refractivity contribution in [2.75, 3.05) is 31.7 Å². The van der Waals surface area contributed by atoms with Gasteiger partial charge in [-0.25, -0.2) is 17.9 Å². The second kappa shape index (κ2) is 10.5. The third kappa shape index (κ3) is 5.57. The largest absolute Gasteiger partial charge is 0.484 e. The Morgan fingerprint density at radius 1 is 1.16 bits per heavy atom. The number of ether oxygens (including phenoxy) is 3. The van der Waals surface area contributed by atoms with E-state index in [0.717, 1.165) is 12.8 Å². The fourth-order valence-corrected chi connectivity index (χ4v) is 4.20. The highest BCUT2D eigenvalue weighted by Gasteiger charge is 2.34. The molecule has 0 saturated carbocycles. The number of para-hydroxylation sites is 2. The molecule has 0 aromatic heterocycles. The van der Waals surface area contributed by atoms with Crippen LogP contribution in [0.4, 0.5) is 5.69 Å². The summed E-state index contributed by atoms with van der Waals surface area (Å²) in [7, 11) is -2.33. The number of anilines is 1. The summed E-state index contributed by atoms with van der Waals surface area (Å²) in [4.78, 5) is 26.3. The van der Waals surface area contributed by atoms with E-state index in [1.54, 1.807) is 24.3 Å². The van der Waals surface area contributed by atoms with Crippen LogP contribution in [0.5, 0.6) is 11.5 Å². The van der Waals surface area contributed by atoms with Crippen LogP contribution in [-0.2, 0) is 24.3 Å². The van der Waals surface area contributed by atoms with Crippen molar-refractivity contribution in [1.82, 2.24) is 4.72 Å². The highest BCUT2D eigenvalue weighted by Crippen LogP contribution is 2.33. The van der Waals surface area contributed by atoms with Gasteiger partial charge in [-0.3, -0.25) is 4.79 Å². The molecule has 3 rings (SSSR count). The van der Waals surface area contributed by atoms with Gasteiger partial charge in [0, 0.05) is 6.54 Å². The molecule has 172 valence electrons. The number of sulfonamides is 1. The molecule has 1 atom stereocenters. The first kappa shape index (κ1) is 23.6. The third-order valence-corrected chi connectivity index (χ3v) is 6.33. The fourth-order valence-electron chi connectivity index (χ4n) is 3.13. The smallest absolute Gasteiger partial charge is 0.348 e. The predicted molar refractivity (Wildman–Crippen MR) is 117 cm³/mol. The van der Waals surface area contributed by atoms with Crippen LogP contribution in [0, 0.1) is 0 Å². The van der Waals surface area contributed by atoms with Crippen molar-refractivity contribution in [1.29, 1.82) is 0 Å². The molecular weight excluding hydrogens is 436 g/mol. The SMILES string of the molecule is CCCCNS(=O)(=O)c1ccc(OCC(=O)N2C[C@H](C(=O)OC)Oc3ccccc32)cc1. The molecule has 1 N–H and O–H groups in total. The van der Waals surface area contributed by atoms with Crippen molar-refractivity contribution in [2.45, 2.75) is 30.8 Å². The zero-order valence-electron chi connectivity index (χ0n) is 17.9. The zero-order valence-corrected chi connectivity index (χ0v) is 18.8. The second-order valence-electron chi connectivity index (χ2n) is 7.11. The van der Waals surface area contributed by atoms with Gasteiger partial charge in [-0.1, -0.05) is 25.5 Å². The maximum absolute atomic E-state index is 12.9. The summed E-state index contributed by atoms with van der Waals surface area (Å²) < 4.78 is 43.0. The molecule has 2 aromatic rings. The number of amides is 1. The van der Waals surface area contributed by atoms with Crippen molar-refractivity contribution in [3.63, 3.8) is 0 Å². The first-order chi connectivity index (χ1) is 15.4. The molecule has 0 fully saturated rings. The van der Waals surface area contributed by atoms with Gasteiger partial charge in [0.1, 0.15) is 11.5 Å². The Labute approximate surface area is 187 Å². The van der Waals surface area contributed by atoms with E-state index >= 15 is 0 Å². The van der Waals surface area contributed by atoms with Crippen LogP contribution in [-0.4, -0.2) is 53.2 Å². The normalized spacial score (nSPS) is 15.4. The third-order valence-electron chi connectivity index (χ3n) is 4.86. The number of nitrogens with one attached hydrogen (secondary N) is 1. The molecule has 0 radical (unpaired) electrons. The number of carbonyl (C=O) groups is 2. The van der Waals surface area contributed by atoms with Crippen molar-refractivity contribution < 1.29 is 32.2 Å². The number of fused-ring (bicyclic) bond motifs is 1. The quantitative estimate of drug-likeness (QED) is 0.449. The average molecular weight is 463 g/mol. The Morgan fingerprint density at radius 2 is 1.88 bits per heavy atom. The topological polar surface area (TPSA) is 111 Å². The minimum atomic E-state index is -3.59. The van der Waals surface area contributed by atoms with Crippen LogP contribution in [0.2, 0.25) is 0 Å². The first-order valence-electron chi connectivity index (χ1n) is 10.2. The number of hydrogen-bond donors (Lipinski definition) is 1. The van der Waals surface area contributed by atoms with Crippen LogP contribution in [0.25, 0.3) is 0 Å². The van der Waals surface area contributed by atoms with Crippen LogP contribution < -0.4 is 19.1 Å². The molecule has 1 heterocycles. The lowest BCUT2D eigenvalue weighted by Crippen LogP contribution is -2.48. The number of unbranched alkanes of at least 4 members (excludes halogenated alkanes) is 1. The van der Waals surface area contributed by atoms with E-state index in [-0.39, 0.29) is 24.0 Å². The molecule has 9 nitrogen and oxygen atoms in total. The van der Waals surface area contributed by atoms with Crippen LogP contribution in [0.15, 0.2) is 53.4 Å². The summed E-state index contributed by atoms with van der Waals surface area (Å²) in [6.07, 6.45) is 0.699. The number of methoxy groups -OCH3 is 1. The van der Waals surface area contributed by atoms with Crippen molar-refractivity contribution in [3.8, 4) is 11.5 Å². The number of hydrogen-bond acceptors (Lipinski definition) is 7. The van der Waals surface area contributed by atoms with Gasteiger partial charge in [0.05, 0.1) is 24.2 Å². The lowest BCUT2D eigenvalue weighted by Gasteiger charge is -2.33. The lowest BCUT2D eigenvalue weighted by molar-refractivity contribution is -0.148. The van der Waals surface area contributed by atoms with Gasteiger partial charge >= 0.3 is 5.97 Å². The van der Waals surface area contributed by atoms with Gasteiger partial charge < -0.3 is 19.1 Å². The van der Waals surface area contributed by atoms with Gasteiger partial charge in [0.25, 0.3) is 5.91 Å². The number of rotatable bonds is 9. The van der Waals surface area contributed by atoms with Gasteiger partial charge in [0.2, 0.25) is 16.1 Å². The minimum absolute atomic E-state index is 0.00745. The standard InChI is InChI=1S/C22H26N2O7S/c1-3-4-13-23-32(27,28)17-11-9-16(10-12-17)30-15-21(25)24-14-20(22(26)29-2)31-19-8-6-5-7-18(19)24/h5-12,20,23H,3-4,13-15H2,1-2H3/t20-/m1/s1. The summed E-state index contributed by atoms with van der Waals surface area (Å²) in [6.45, 7) is 2.04. The summed E-state index contributed by atoms with van der Waals surface area (Å²) >= 11 is 0. The lowest BCUT2D eigenvalue weighted by atomic mass is 10.2. The van der Waals surface area contributed by atoms with E-state index in [2.05, 4.69) is 4.72 Å². The van der Waals surface area contributed by atoms with Crippen molar-refractivity contribution >= 4 is 27.6 Å². The Balaban J connectivity index is 1.65. The van der Waals surface area contributed by atoms with Gasteiger partial charge in [0.15, 0.2) is 6.61 Å². The maximum atomic E-state index is 12.9. The molecule has 0 saturated heterocycles. The molecule has 0 unspecified atom stereocenters. The molecule has 1 aliphatic heterocycles. The molecule has 0 bridgehead atoms. The van der Waals surface area contributed by atoms with Gasteiger partial charge in [-0.15, -0.1) is 0 Å². The highest BCUT2D eigenvalue weighted by atomic mass is 32.2. The molecule has 10 heteroatoms. The predicted octanol–water partition coefficient (Wildman–Crippen LogP) is 2.11. The Morgan fingerprint density at radius 3 is 2.56 bits per heavy atom. The van der Waals surface area contributed by atoms with E-state index < -0.39 is 22.1 Å². The van der Waals surface area contributed by atoms with E-state index in [0.29, 0.717) is 23.7 Å². The molecule has 1 aliphatic rings. The summed E-state index contributed by atoms with van der Waals surface area (Å²) in [5.41, 5.74) is 0.529. The van der Waals surface area contributed by atoms with E-state index in [1.807, 2.05) is 6.92 Å². The number of nitrogens with zero attached hydrogens (tertiary/aromatic N) is 1. The van der Waals surface area contributed by atoms with Crippen LogP contribution >= 0.6 is 0 Å². The average Bonchev–Trinajstić information content (AvgIpc) is 2.81. The van der Waals surface area contributed by atoms with E-state index in [9.17, 15) is 18.0 Å². The molecule has 2 aromatic carbocycles. The summed E-state index contributed by atoms with van der Waals surface area (Å²) in [5, 5.41) is 0. The monoisotopic (exact) mass is 462 g/mol. The number of carbonyl (C=O) groups excluding carboxylic acids is 2. The zero-order chi connectivity index (χ0) is 23.1. The molecule has 0 spiro atoms. The first-order valence-corrected chi connectivity index (χ1v) is 11.7. The number of esters is 1. The van der Waals surface area contributed by atoms with Gasteiger partial charge in [-0.05, 0) is 42.8 Å². The Hall–Kier alpha value is -3.11. The highest BCUT2D eigenvalue weighted by molar-refractivity contribution is 7.89. The van der Waals surface area contributed by atoms with E-state index in [4.69, 9.17) is 14.2 Å². The number of benzene rings is 2. The van der Waals surface area contributed by atoms with Crippen molar-refractivity contribution in [3.05, 3.63) is 48.5 Å². The Bertz CT molecular complexity index is 1050. The second-order valence-corrected chi connectivity index (χ2v) is 8.88. The van der Waals surface area contributed by atoms with Crippen LogP contribution in [0.3, 0.4) is 0 Å². The molecular formula is C22H26N2O7S. The molecule has 32 heavy (non-hydrogen) atoms. The maximum Gasteiger partial charge on any atom is 0.348 e. The van der Waals surface area contributed by atoms with E-state index in [1.165, 1.54) is 36.3 Å². The van der Waals surface area contributed by atoms with Crippen LogP contribution in [0.1, 0.15) is 19.8 Å². The molecule has 0 aliphatic carbocycles. The van der Waals surface area contributed by atoms with Gasteiger partial charge in [-0.2, -0.15) is 0 Å². The fraction of sp³-hybridized carbons (Fsp3) is 0.364. The minimum Gasteiger partial charge on any atom is -0.484 e. The Kier molecular flexibility index (Phi) is 7.70. The van der Waals surface area contributed by atoms with Crippen molar-refractivity contribution in [2.24, 2.45) is 0 Å². The summed E-state index contributed by atoms with van der Waals surface area (Å²) in [6, 6.07) is 12.7. The summed E-state index contributed by atoms with van der Waals surface area (Å²) in [5.74, 6) is -0.222. The molecule has 1 amide bonds.